The van der Waals surface area contributed by atoms with E-state index in [1.165, 1.54) is 0 Å². The average Bonchev–Trinajstić information content (AvgIpc) is 3.22. The van der Waals surface area contributed by atoms with Gasteiger partial charge < -0.3 is 14.4 Å². The average molecular weight is 345 g/mol. The third-order valence-corrected chi connectivity index (χ3v) is 5.00. The van der Waals surface area contributed by atoms with Crippen LogP contribution in [0.1, 0.15) is 22.5 Å². The maximum Gasteiger partial charge on any atom is 0.254 e. The van der Waals surface area contributed by atoms with E-state index in [9.17, 15) is 4.79 Å². The molecule has 0 aliphatic carbocycles. The van der Waals surface area contributed by atoms with Gasteiger partial charge in [0.05, 0.1) is 11.2 Å². The van der Waals surface area contributed by atoms with Crippen molar-refractivity contribution in [2.24, 2.45) is 0 Å². The molecule has 24 heavy (non-hydrogen) atoms. The van der Waals surface area contributed by atoms with Gasteiger partial charge in [-0.2, -0.15) is 0 Å². The number of amides is 1. The summed E-state index contributed by atoms with van der Waals surface area (Å²) < 4.78 is 10.7. The maximum atomic E-state index is 12.8. The second kappa shape index (κ2) is 6.78. The number of aromatic nitrogens is 1. The van der Waals surface area contributed by atoms with Gasteiger partial charge >= 0.3 is 0 Å². The Labute approximate surface area is 144 Å². The Morgan fingerprint density at radius 2 is 2.08 bits per heavy atom. The van der Waals surface area contributed by atoms with Crippen molar-refractivity contribution in [1.82, 2.24) is 14.8 Å². The zero-order valence-electron chi connectivity index (χ0n) is 13.3. The lowest BCUT2D eigenvalue weighted by Crippen LogP contribution is -2.35. The van der Waals surface area contributed by atoms with E-state index >= 15 is 0 Å². The van der Waals surface area contributed by atoms with Gasteiger partial charge in [-0.25, -0.2) is 4.98 Å². The Balaban J connectivity index is 1.40. The van der Waals surface area contributed by atoms with Crippen LogP contribution in [0.4, 0.5) is 0 Å². The molecule has 0 unspecified atom stereocenters. The Bertz CT molecular complexity index is 720. The minimum Gasteiger partial charge on any atom is -0.454 e. The molecule has 0 radical (unpaired) electrons. The Morgan fingerprint density at radius 1 is 1.17 bits per heavy atom. The van der Waals surface area contributed by atoms with E-state index in [1.807, 2.05) is 22.5 Å². The van der Waals surface area contributed by atoms with E-state index < -0.39 is 0 Å². The van der Waals surface area contributed by atoms with Gasteiger partial charge in [-0.3, -0.25) is 9.69 Å². The molecule has 6 nitrogen and oxygen atoms in total. The molecular weight excluding hydrogens is 326 g/mol. The number of nitrogens with zero attached hydrogens (tertiary/aromatic N) is 3. The van der Waals surface area contributed by atoms with E-state index in [0.717, 1.165) is 44.8 Å². The van der Waals surface area contributed by atoms with Crippen molar-refractivity contribution in [3.8, 4) is 11.5 Å². The number of benzene rings is 1. The summed E-state index contributed by atoms with van der Waals surface area (Å²) in [4.78, 5) is 21.4. The van der Waals surface area contributed by atoms with Crippen LogP contribution < -0.4 is 9.47 Å². The molecule has 1 aromatic carbocycles. The molecule has 2 aromatic rings. The lowest BCUT2D eigenvalue weighted by atomic mass is 10.1. The number of hydrogen-bond acceptors (Lipinski definition) is 6. The van der Waals surface area contributed by atoms with Crippen molar-refractivity contribution >= 4 is 17.2 Å². The molecule has 0 N–H and O–H groups in total. The first-order chi connectivity index (χ1) is 11.8. The quantitative estimate of drug-likeness (QED) is 0.854. The van der Waals surface area contributed by atoms with Crippen LogP contribution in [0.15, 0.2) is 29.1 Å². The highest BCUT2D eigenvalue weighted by molar-refractivity contribution is 7.07. The van der Waals surface area contributed by atoms with E-state index in [2.05, 4.69) is 15.3 Å². The van der Waals surface area contributed by atoms with Gasteiger partial charge in [0.25, 0.3) is 5.91 Å². The van der Waals surface area contributed by atoms with Crippen molar-refractivity contribution in [2.75, 3.05) is 33.0 Å². The summed E-state index contributed by atoms with van der Waals surface area (Å²) >= 11 is 1.62. The Morgan fingerprint density at radius 3 is 2.96 bits per heavy atom. The van der Waals surface area contributed by atoms with Gasteiger partial charge in [0.15, 0.2) is 11.5 Å². The summed E-state index contributed by atoms with van der Waals surface area (Å²) in [5, 5.41) is 2.08. The van der Waals surface area contributed by atoms with Crippen LogP contribution in [-0.2, 0) is 6.54 Å². The second-order valence-corrected chi connectivity index (χ2v) is 6.69. The fraction of sp³-hybridized carbons (Fsp3) is 0.412. The molecule has 1 aromatic heterocycles. The number of thiazole rings is 1. The maximum absolute atomic E-state index is 12.8. The van der Waals surface area contributed by atoms with Crippen molar-refractivity contribution in [3.63, 3.8) is 0 Å². The third-order valence-electron chi connectivity index (χ3n) is 4.36. The second-order valence-electron chi connectivity index (χ2n) is 5.97. The monoisotopic (exact) mass is 345 g/mol. The van der Waals surface area contributed by atoms with Crippen LogP contribution in [0.3, 0.4) is 0 Å². The Hall–Kier alpha value is -2.12. The van der Waals surface area contributed by atoms with Crippen LogP contribution in [0, 0.1) is 0 Å². The zero-order chi connectivity index (χ0) is 16.4. The normalized spacial score (nSPS) is 17.8. The molecule has 1 fully saturated rings. The minimum absolute atomic E-state index is 0.0591. The number of ether oxygens (including phenoxy) is 2. The van der Waals surface area contributed by atoms with Gasteiger partial charge in [-0.05, 0) is 24.6 Å². The molecular formula is C17H19N3O3S. The largest absolute Gasteiger partial charge is 0.454 e. The summed E-state index contributed by atoms with van der Waals surface area (Å²) in [6, 6.07) is 5.40. The first kappa shape index (κ1) is 15.4. The fourth-order valence-corrected chi connectivity index (χ4v) is 3.64. The topological polar surface area (TPSA) is 54.9 Å². The molecule has 3 heterocycles. The van der Waals surface area contributed by atoms with Gasteiger partial charge in [0, 0.05) is 43.7 Å². The molecule has 4 rings (SSSR count). The van der Waals surface area contributed by atoms with E-state index in [1.54, 1.807) is 17.4 Å². The lowest BCUT2D eigenvalue weighted by Gasteiger charge is -2.21. The summed E-state index contributed by atoms with van der Waals surface area (Å²) in [6.07, 6.45) is 0.973. The molecule has 0 saturated carbocycles. The molecule has 1 amide bonds. The first-order valence-corrected chi connectivity index (χ1v) is 9.02. The smallest absolute Gasteiger partial charge is 0.254 e. The van der Waals surface area contributed by atoms with E-state index in [0.29, 0.717) is 17.1 Å². The standard InChI is InChI=1S/C17H19N3O3S/c21-17(13-2-3-15-16(8-13)23-12-22-15)20-5-1-4-19(6-7-20)9-14-10-24-11-18-14/h2-3,8,10-11H,1,4-7,9,12H2. The van der Waals surface area contributed by atoms with Gasteiger partial charge in [0.1, 0.15) is 0 Å². The number of carbonyl (C=O) groups excluding carboxylic acids is 1. The molecule has 126 valence electrons. The van der Waals surface area contributed by atoms with Crippen LogP contribution >= 0.6 is 11.3 Å². The first-order valence-electron chi connectivity index (χ1n) is 8.08. The minimum atomic E-state index is 0.0591. The SMILES string of the molecule is O=C(c1ccc2c(c1)OCO2)N1CCCN(Cc2cscn2)CC1. The molecule has 0 bridgehead atoms. The predicted octanol–water partition coefficient (Wildman–Crippen LogP) is 2.22. The summed E-state index contributed by atoms with van der Waals surface area (Å²) in [6.45, 7) is 4.45. The van der Waals surface area contributed by atoms with Crippen LogP contribution in [0.5, 0.6) is 11.5 Å². The molecule has 7 heteroatoms. The summed E-state index contributed by atoms with van der Waals surface area (Å²) in [7, 11) is 0. The highest BCUT2D eigenvalue weighted by Gasteiger charge is 2.23. The highest BCUT2D eigenvalue weighted by Crippen LogP contribution is 2.32. The molecule has 2 aliphatic heterocycles. The summed E-state index contributed by atoms with van der Waals surface area (Å²) in [5.41, 5.74) is 3.63. The van der Waals surface area contributed by atoms with Crippen molar-refractivity contribution in [1.29, 1.82) is 0 Å². The van der Waals surface area contributed by atoms with E-state index in [-0.39, 0.29) is 12.7 Å². The van der Waals surface area contributed by atoms with Crippen molar-refractivity contribution < 1.29 is 14.3 Å². The van der Waals surface area contributed by atoms with Crippen LogP contribution in [0.2, 0.25) is 0 Å². The molecule has 2 aliphatic rings. The van der Waals surface area contributed by atoms with Gasteiger partial charge in [-0.15, -0.1) is 11.3 Å². The van der Waals surface area contributed by atoms with Crippen molar-refractivity contribution in [3.05, 3.63) is 40.3 Å². The third kappa shape index (κ3) is 3.22. The number of fused-ring (bicyclic) bond motifs is 1. The Kier molecular flexibility index (Phi) is 4.36. The van der Waals surface area contributed by atoms with Gasteiger partial charge in [-0.1, -0.05) is 0 Å². The molecule has 1 saturated heterocycles. The summed E-state index contributed by atoms with van der Waals surface area (Å²) in [5.74, 6) is 1.42. The number of rotatable bonds is 3. The number of carbonyl (C=O) groups is 1. The molecule has 0 atom stereocenters. The number of hydrogen-bond donors (Lipinski definition) is 0. The zero-order valence-corrected chi connectivity index (χ0v) is 14.1. The predicted molar refractivity (Wildman–Crippen MR) is 90.5 cm³/mol. The molecule has 0 spiro atoms. The highest BCUT2D eigenvalue weighted by atomic mass is 32.1. The van der Waals surface area contributed by atoms with Crippen LogP contribution in [0.25, 0.3) is 0 Å². The van der Waals surface area contributed by atoms with E-state index in [4.69, 9.17) is 9.47 Å². The van der Waals surface area contributed by atoms with Crippen molar-refractivity contribution in [2.45, 2.75) is 13.0 Å². The van der Waals surface area contributed by atoms with Crippen LogP contribution in [-0.4, -0.2) is 53.7 Å². The fourth-order valence-electron chi connectivity index (χ4n) is 3.09. The lowest BCUT2D eigenvalue weighted by molar-refractivity contribution is 0.0760. The van der Waals surface area contributed by atoms with Gasteiger partial charge in [0.2, 0.25) is 6.79 Å².